The van der Waals surface area contributed by atoms with Crippen LogP contribution in [0.3, 0.4) is 0 Å². The van der Waals surface area contributed by atoms with Crippen molar-refractivity contribution in [2.75, 3.05) is 51.3 Å². The molecular weight excluding hydrogens is 674 g/mol. The number of halogens is 2. The highest BCUT2D eigenvalue weighted by Crippen LogP contribution is 2.34. The average Bonchev–Trinajstić information content (AvgIpc) is 3.16. The van der Waals surface area contributed by atoms with Gasteiger partial charge in [0.25, 0.3) is 11.5 Å². The number of fused-ring (bicyclic) bond motifs is 1. The molecule has 0 saturated carbocycles. The maximum absolute atomic E-state index is 15.2. The van der Waals surface area contributed by atoms with Crippen LogP contribution in [0.1, 0.15) is 48.9 Å². The van der Waals surface area contributed by atoms with Crippen LogP contribution in [-0.2, 0) is 4.79 Å². The lowest BCUT2D eigenvalue weighted by molar-refractivity contribution is -0.120. The minimum absolute atomic E-state index is 0.108. The molecule has 7 rings (SSSR count). The third kappa shape index (κ3) is 7.33. The lowest BCUT2D eigenvalue weighted by Crippen LogP contribution is -2.49. The first kappa shape index (κ1) is 35.1. The van der Waals surface area contributed by atoms with E-state index in [0.717, 1.165) is 38.9 Å². The van der Waals surface area contributed by atoms with Crippen LogP contribution in [0.25, 0.3) is 21.9 Å². The summed E-state index contributed by atoms with van der Waals surface area (Å²) in [4.78, 5) is 61.9. The molecule has 0 radical (unpaired) electrons. The Morgan fingerprint density at radius 3 is 2.40 bits per heavy atom. The summed E-state index contributed by atoms with van der Waals surface area (Å²) in [7, 11) is 1.49. The summed E-state index contributed by atoms with van der Waals surface area (Å²) < 4.78 is 41.8. The quantitative estimate of drug-likeness (QED) is 0.244. The van der Waals surface area contributed by atoms with Gasteiger partial charge >= 0.3 is 6.03 Å². The summed E-state index contributed by atoms with van der Waals surface area (Å²) >= 11 is 0. The van der Waals surface area contributed by atoms with E-state index in [-0.39, 0.29) is 42.0 Å². The highest BCUT2D eigenvalue weighted by Gasteiger charge is 2.30. The summed E-state index contributed by atoms with van der Waals surface area (Å²) in [6.45, 7) is 3.87. The molecule has 5 heterocycles. The zero-order valence-electron chi connectivity index (χ0n) is 28.8. The molecule has 0 unspecified atom stereocenters. The minimum Gasteiger partial charge on any atom is -0.495 e. The van der Waals surface area contributed by atoms with Crippen molar-refractivity contribution in [2.45, 2.75) is 44.6 Å². The lowest BCUT2D eigenvalue weighted by atomic mass is 9.92. The fourth-order valence-corrected chi connectivity index (χ4v) is 7.39. The molecule has 3 aliphatic rings. The highest BCUT2D eigenvalue weighted by atomic mass is 19.1. The first-order valence-corrected chi connectivity index (χ1v) is 17.6. The Kier molecular flexibility index (Phi) is 10.2. The number of pyridine rings is 2. The van der Waals surface area contributed by atoms with Crippen molar-refractivity contribution in [1.82, 2.24) is 25.1 Å². The van der Waals surface area contributed by atoms with Crippen LogP contribution in [0.15, 0.2) is 59.8 Å². The molecule has 3 fully saturated rings. The Labute approximate surface area is 298 Å². The number of carbonyl (C=O) groups excluding carboxylic acids is 3. The molecule has 3 aliphatic heterocycles. The number of piperidine rings is 2. The summed E-state index contributed by atoms with van der Waals surface area (Å²) in [5.41, 5.74) is 1.36. The van der Waals surface area contributed by atoms with E-state index in [0.29, 0.717) is 65.2 Å². The second kappa shape index (κ2) is 15.1. The van der Waals surface area contributed by atoms with E-state index in [1.165, 1.54) is 42.7 Å². The molecule has 4 amide bonds. The smallest absolute Gasteiger partial charge is 0.328 e. The largest absolute Gasteiger partial charge is 0.495 e. The van der Waals surface area contributed by atoms with Gasteiger partial charge in [-0.15, -0.1) is 0 Å². The van der Waals surface area contributed by atoms with Gasteiger partial charge in [0.15, 0.2) is 17.4 Å². The third-order valence-electron chi connectivity index (χ3n) is 10.4. The zero-order valence-corrected chi connectivity index (χ0v) is 28.8. The third-order valence-corrected chi connectivity index (χ3v) is 10.4. The Balaban J connectivity index is 0.881. The second-order valence-corrected chi connectivity index (χ2v) is 13.5. The number of carbonyl (C=O) groups is 3. The number of imide groups is 1. The highest BCUT2D eigenvalue weighted by molar-refractivity contribution is 6.07. The summed E-state index contributed by atoms with van der Waals surface area (Å²) in [5.74, 6) is -1.51. The zero-order chi connectivity index (χ0) is 36.4. The van der Waals surface area contributed by atoms with E-state index >= 15 is 8.78 Å². The number of aromatic nitrogens is 2. The predicted octanol–water partition coefficient (Wildman–Crippen LogP) is 5.11. The monoisotopic (exact) mass is 714 g/mol. The number of methoxy groups -OCH3 is 1. The van der Waals surface area contributed by atoms with Crippen LogP contribution in [0.4, 0.5) is 19.3 Å². The molecular formula is C38H40F2N6O6. The van der Waals surface area contributed by atoms with Crippen LogP contribution in [0.5, 0.6) is 11.5 Å². The number of aromatic amines is 1. The van der Waals surface area contributed by atoms with E-state index in [1.54, 1.807) is 24.3 Å². The van der Waals surface area contributed by atoms with E-state index in [1.807, 2.05) is 4.90 Å². The molecule has 4 aromatic rings. The number of hydrogen-bond donors (Lipinski definition) is 2. The first-order valence-electron chi connectivity index (χ1n) is 17.6. The maximum atomic E-state index is 15.2. The van der Waals surface area contributed by atoms with Gasteiger partial charge in [-0.25, -0.2) is 13.6 Å². The summed E-state index contributed by atoms with van der Waals surface area (Å²) in [6, 6.07) is 8.59. The lowest BCUT2D eigenvalue weighted by Gasteiger charge is -2.35. The molecule has 3 saturated heterocycles. The van der Waals surface area contributed by atoms with Crippen molar-refractivity contribution in [2.24, 2.45) is 5.92 Å². The number of likely N-dealkylation sites (tertiary alicyclic amines) is 2. The first-order chi connectivity index (χ1) is 25.2. The molecule has 0 bridgehead atoms. The van der Waals surface area contributed by atoms with Crippen LogP contribution >= 0.6 is 0 Å². The van der Waals surface area contributed by atoms with Gasteiger partial charge in [-0.05, 0) is 91.9 Å². The molecule has 14 heteroatoms. The fourth-order valence-electron chi connectivity index (χ4n) is 7.39. The van der Waals surface area contributed by atoms with Crippen molar-refractivity contribution >= 4 is 34.3 Å². The van der Waals surface area contributed by atoms with Crippen molar-refractivity contribution < 1.29 is 32.6 Å². The van der Waals surface area contributed by atoms with Crippen molar-refractivity contribution in [3.8, 4) is 22.6 Å². The molecule has 0 spiro atoms. The van der Waals surface area contributed by atoms with Gasteiger partial charge in [0, 0.05) is 68.9 Å². The Morgan fingerprint density at radius 1 is 0.942 bits per heavy atom. The topological polar surface area (TPSA) is 137 Å². The van der Waals surface area contributed by atoms with Crippen LogP contribution < -0.4 is 25.2 Å². The molecule has 0 aliphatic carbocycles. The van der Waals surface area contributed by atoms with E-state index in [9.17, 15) is 19.2 Å². The van der Waals surface area contributed by atoms with Gasteiger partial charge in [0.1, 0.15) is 11.9 Å². The molecule has 2 aromatic carbocycles. The molecule has 2 aromatic heterocycles. The van der Waals surface area contributed by atoms with E-state index in [2.05, 4.69) is 20.2 Å². The number of H-pyrrole nitrogens is 1. The number of hydrogen-bond acceptors (Lipinski definition) is 8. The van der Waals surface area contributed by atoms with Gasteiger partial charge in [-0.3, -0.25) is 29.6 Å². The van der Waals surface area contributed by atoms with Gasteiger partial charge in [-0.2, -0.15) is 0 Å². The molecule has 272 valence electrons. The molecule has 52 heavy (non-hydrogen) atoms. The van der Waals surface area contributed by atoms with E-state index in [4.69, 9.17) is 9.47 Å². The van der Waals surface area contributed by atoms with E-state index < -0.39 is 23.4 Å². The van der Waals surface area contributed by atoms with Crippen LogP contribution in [-0.4, -0.2) is 90.1 Å². The van der Waals surface area contributed by atoms with Crippen molar-refractivity contribution in [3.05, 3.63) is 82.5 Å². The van der Waals surface area contributed by atoms with Crippen LogP contribution in [0.2, 0.25) is 0 Å². The number of nitrogens with zero attached hydrogens (tertiary/aromatic N) is 4. The minimum atomic E-state index is -0.796. The standard InChI is InChI=1S/C38H40F2N6O6/c1-51-33-3-2-24(20-32(33)46-17-10-34(47)43-38(46)50)37(49)45-15-6-23(7-16-45)5-12-44-13-8-26(9-14-44)52-35-30(39)18-25(19-31(35)40)28-22-42-36(48)29-21-41-11-4-27(28)29/h2-4,11,18-23,26H,5-10,12-17H2,1H3,(H,42,48)(H,43,47,50). The number of benzene rings is 2. The maximum Gasteiger partial charge on any atom is 0.328 e. The summed E-state index contributed by atoms with van der Waals surface area (Å²) in [5, 5.41) is 3.19. The molecule has 2 N–H and O–H groups in total. The van der Waals surface area contributed by atoms with Crippen LogP contribution in [0, 0.1) is 17.6 Å². The average molecular weight is 715 g/mol. The van der Waals surface area contributed by atoms with Gasteiger partial charge in [0.2, 0.25) is 5.91 Å². The number of anilines is 1. The van der Waals surface area contributed by atoms with Crippen molar-refractivity contribution in [1.29, 1.82) is 0 Å². The Morgan fingerprint density at radius 2 is 1.69 bits per heavy atom. The number of nitrogens with one attached hydrogen (secondary N) is 2. The predicted molar refractivity (Wildman–Crippen MR) is 190 cm³/mol. The SMILES string of the molecule is COc1ccc(C(=O)N2CCC(CCN3CCC(Oc4c(F)cc(-c5c[nH]c(=O)c6cnccc56)cc4F)CC3)CC2)cc1N1CCC(=O)NC1=O. The van der Waals surface area contributed by atoms with Crippen molar-refractivity contribution in [3.63, 3.8) is 0 Å². The summed E-state index contributed by atoms with van der Waals surface area (Å²) in [6.07, 6.45) is 8.29. The number of amides is 4. The normalized spacial score (nSPS) is 17.8. The number of urea groups is 1. The molecule has 0 atom stereocenters. The fraction of sp³-hybridized carbons (Fsp3) is 0.395. The number of ether oxygens (including phenoxy) is 2. The van der Waals surface area contributed by atoms with Gasteiger partial charge < -0.3 is 24.3 Å². The number of rotatable bonds is 9. The van der Waals surface area contributed by atoms with Gasteiger partial charge in [-0.1, -0.05) is 0 Å². The van der Waals surface area contributed by atoms with Gasteiger partial charge in [0.05, 0.1) is 18.2 Å². The molecule has 12 nitrogen and oxygen atoms in total. The Hall–Kier alpha value is -5.37. The second-order valence-electron chi connectivity index (χ2n) is 13.5. The Bertz CT molecular complexity index is 2030.